The molecule has 0 aliphatic carbocycles. The van der Waals surface area contributed by atoms with E-state index in [-0.39, 0.29) is 0 Å². The van der Waals surface area contributed by atoms with Crippen LogP contribution in [0.25, 0.3) is 0 Å². The van der Waals surface area contributed by atoms with Crippen molar-refractivity contribution in [3.63, 3.8) is 0 Å². The highest BCUT2D eigenvalue weighted by Crippen LogP contribution is 2.32. The molecule has 0 aromatic heterocycles. The summed E-state index contributed by atoms with van der Waals surface area (Å²) in [4.78, 5) is 24.3. The number of carboxylic acids is 1. The third-order valence-electron chi connectivity index (χ3n) is 4.70. The van der Waals surface area contributed by atoms with Crippen LogP contribution in [0.5, 0.6) is 0 Å². The quantitative estimate of drug-likeness (QED) is 0.805. The average Bonchev–Trinajstić information content (AvgIpc) is 2.98. The van der Waals surface area contributed by atoms with Crippen LogP contribution in [0.2, 0.25) is 0 Å². The predicted molar refractivity (Wildman–Crippen MR) is 96.7 cm³/mol. The molecule has 2 aliphatic rings. The molecule has 7 nitrogen and oxygen atoms in total. The summed E-state index contributed by atoms with van der Waals surface area (Å²) in [5.74, 6) is -0.0549. The number of carbonyl (C=O) groups excluding carboxylic acids is 1. The number of carboxylic acid groups (broad SMARTS) is 1. The molecule has 25 heavy (non-hydrogen) atoms. The minimum atomic E-state index is -3.34. The van der Waals surface area contributed by atoms with Crippen LogP contribution in [0.3, 0.4) is 0 Å². The van der Waals surface area contributed by atoms with Gasteiger partial charge < -0.3 is 10.4 Å². The number of amides is 1. The van der Waals surface area contributed by atoms with Gasteiger partial charge in [0.05, 0.1) is 11.9 Å². The number of anilines is 1. The first-order chi connectivity index (χ1) is 11.7. The van der Waals surface area contributed by atoms with Crippen molar-refractivity contribution in [2.75, 3.05) is 28.6 Å². The molecule has 1 amide bonds. The standard InChI is InChI=1S/C16H20N2O5S2/c1-25(22,23)18-7-4-11-10-12(2-3-13(11)18)14(19)17-16(15(20)21)5-8-24-9-6-16/h2-3,10H,4-9H2,1H3,(H,17,19)(H,20,21). The van der Waals surface area contributed by atoms with Crippen molar-refractivity contribution in [1.29, 1.82) is 0 Å². The number of hydrogen-bond acceptors (Lipinski definition) is 5. The van der Waals surface area contributed by atoms with Crippen LogP contribution < -0.4 is 9.62 Å². The van der Waals surface area contributed by atoms with E-state index in [9.17, 15) is 23.1 Å². The van der Waals surface area contributed by atoms with Crippen molar-refractivity contribution in [2.45, 2.75) is 24.8 Å². The molecular formula is C16H20N2O5S2. The Morgan fingerprint density at radius 2 is 1.96 bits per heavy atom. The number of benzene rings is 1. The fourth-order valence-corrected chi connectivity index (χ4v) is 5.41. The molecule has 1 aromatic carbocycles. The third kappa shape index (κ3) is 3.48. The van der Waals surface area contributed by atoms with E-state index in [1.54, 1.807) is 30.0 Å². The van der Waals surface area contributed by atoms with Gasteiger partial charge in [-0.3, -0.25) is 9.10 Å². The Balaban J connectivity index is 1.83. The Kier molecular flexibility index (Phi) is 4.72. The number of nitrogens with zero attached hydrogens (tertiary/aromatic N) is 1. The molecule has 2 N–H and O–H groups in total. The third-order valence-corrected chi connectivity index (χ3v) is 6.87. The Bertz CT molecular complexity index is 816. The van der Waals surface area contributed by atoms with Gasteiger partial charge in [-0.25, -0.2) is 13.2 Å². The first kappa shape index (κ1) is 18.1. The Labute approximate surface area is 150 Å². The molecule has 0 spiro atoms. The van der Waals surface area contributed by atoms with Crippen LogP contribution in [-0.2, 0) is 21.2 Å². The lowest BCUT2D eigenvalue weighted by atomic mass is 9.91. The maximum Gasteiger partial charge on any atom is 0.329 e. The van der Waals surface area contributed by atoms with Gasteiger partial charge in [-0.2, -0.15) is 11.8 Å². The van der Waals surface area contributed by atoms with Gasteiger partial charge in [-0.1, -0.05) is 0 Å². The topological polar surface area (TPSA) is 104 Å². The zero-order valence-corrected chi connectivity index (χ0v) is 15.5. The predicted octanol–water partition coefficient (Wildman–Crippen LogP) is 1.09. The minimum absolute atomic E-state index is 0.355. The molecule has 0 bridgehead atoms. The summed E-state index contributed by atoms with van der Waals surface area (Å²) in [6, 6.07) is 4.82. The first-order valence-electron chi connectivity index (χ1n) is 7.97. The van der Waals surface area contributed by atoms with Gasteiger partial charge in [0.25, 0.3) is 5.91 Å². The number of hydrogen-bond donors (Lipinski definition) is 2. The molecule has 1 aromatic rings. The van der Waals surface area contributed by atoms with Crippen LogP contribution in [0, 0.1) is 0 Å². The fourth-order valence-electron chi connectivity index (χ4n) is 3.26. The number of aliphatic carboxylic acids is 1. The number of fused-ring (bicyclic) bond motifs is 1. The Morgan fingerprint density at radius 3 is 2.56 bits per heavy atom. The average molecular weight is 384 g/mol. The summed E-state index contributed by atoms with van der Waals surface area (Å²) < 4.78 is 24.9. The van der Waals surface area contributed by atoms with Gasteiger partial charge in [0, 0.05) is 12.1 Å². The summed E-state index contributed by atoms with van der Waals surface area (Å²) in [6.45, 7) is 0.357. The van der Waals surface area contributed by atoms with E-state index in [0.717, 1.165) is 11.8 Å². The van der Waals surface area contributed by atoms with Gasteiger partial charge in [0.1, 0.15) is 5.54 Å². The van der Waals surface area contributed by atoms with Gasteiger partial charge in [-0.15, -0.1) is 0 Å². The molecule has 9 heteroatoms. The SMILES string of the molecule is CS(=O)(=O)N1CCc2cc(C(=O)NC3(C(=O)O)CCSCC3)ccc21. The highest BCUT2D eigenvalue weighted by Gasteiger charge is 2.41. The van der Waals surface area contributed by atoms with Crippen molar-refractivity contribution in [2.24, 2.45) is 0 Å². The largest absolute Gasteiger partial charge is 0.480 e. The molecule has 0 saturated carbocycles. The van der Waals surface area contributed by atoms with E-state index in [0.29, 0.717) is 48.6 Å². The van der Waals surface area contributed by atoms with Crippen LogP contribution in [-0.4, -0.2) is 55.2 Å². The minimum Gasteiger partial charge on any atom is -0.480 e. The van der Waals surface area contributed by atoms with Crippen molar-refractivity contribution < 1.29 is 23.1 Å². The summed E-state index contributed by atoms with van der Waals surface area (Å²) in [5.41, 5.74) is 0.496. The van der Waals surface area contributed by atoms with Gasteiger partial charge >= 0.3 is 5.97 Å². The van der Waals surface area contributed by atoms with Crippen LogP contribution >= 0.6 is 11.8 Å². The van der Waals surface area contributed by atoms with Crippen molar-refractivity contribution >= 4 is 39.3 Å². The lowest BCUT2D eigenvalue weighted by molar-refractivity contribution is -0.144. The second-order valence-corrected chi connectivity index (χ2v) is 9.51. The van der Waals surface area contributed by atoms with E-state index in [4.69, 9.17) is 0 Å². The molecule has 0 unspecified atom stereocenters. The number of sulfonamides is 1. The Morgan fingerprint density at radius 1 is 1.28 bits per heavy atom. The van der Waals surface area contributed by atoms with Gasteiger partial charge in [0.15, 0.2) is 0 Å². The number of thioether (sulfide) groups is 1. The van der Waals surface area contributed by atoms with Gasteiger partial charge in [-0.05, 0) is 54.5 Å². The molecule has 3 rings (SSSR count). The maximum absolute atomic E-state index is 12.6. The molecular weight excluding hydrogens is 364 g/mol. The molecule has 0 atom stereocenters. The van der Waals surface area contributed by atoms with Crippen molar-refractivity contribution in [3.05, 3.63) is 29.3 Å². The second kappa shape index (κ2) is 6.53. The summed E-state index contributed by atoms with van der Waals surface area (Å²) >= 11 is 1.68. The van der Waals surface area contributed by atoms with Crippen molar-refractivity contribution in [1.82, 2.24) is 5.32 Å². The summed E-state index contributed by atoms with van der Waals surface area (Å²) in [5, 5.41) is 12.3. The number of nitrogens with one attached hydrogen (secondary N) is 1. The molecule has 1 fully saturated rings. The van der Waals surface area contributed by atoms with Crippen molar-refractivity contribution in [3.8, 4) is 0 Å². The van der Waals surface area contributed by atoms with E-state index in [2.05, 4.69) is 5.32 Å². The molecule has 1 saturated heterocycles. The van der Waals surface area contributed by atoms with E-state index in [1.165, 1.54) is 4.31 Å². The second-order valence-electron chi connectivity index (χ2n) is 6.38. The van der Waals surface area contributed by atoms with E-state index >= 15 is 0 Å². The van der Waals surface area contributed by atoms with Crippen LogP contribution in [0.1, 0.15) is 28.8 Å². The lowest BCUT2D eigenvalue weighted by Gasteiger charge is -2.33. The lowest BCUT2D eigenvalue weighted by Crippen LogP contribution is -2.56. The summed E-state index contributed by atoms with van der Waals surface area (Å²) in [6.07, 6.45) is 2.47. The zero-order chi connectivity index (χ0) is 18.2. The van der Waals surface area contributed by atoms with Gasteiger partial charge in [0.2, 0.25) is 10.0 Å². The molecule has 0 radical (unpaired) electrons. The molecule has 2 heterocycles. The van der Waals surface area contributed by atoms with Crippen LogP contribution in [0.15, 0.2) is 18.2 Å². The van der Waals surface area contributed by atoms with E-state index < -0.39 is 27.4 Å². The van der Waals surface area contributed by atoms with Crippen LogP contribution in [0.4, 0.5) is 5.69 Å². The molecule has 2 aliphatic heterocycles. The number of carbonyl (C=O) groups is 2. The number of rotatable bonds is 4. The fraction of sp³-hybridized carbons (Fsp3) is 0.500. The van der Waals surface area contributed by atoms with E-state index in [1.807, 2.05) is 0 Å². The normalized spacial score (nSPS) is 19.3. The molecule has 136 valence electrons. The zero-order valence-electron chi connectivity index (χ0n) is 13.8. The Hall–Kier alpha value is -1.74. The smallest absolute Gasteiger partial charge is 0.329 e. The highest BCUT2D eigenvalue weighted by atomic mass is 32.2. The summed E-state index contributed by atoms with van der Waals surface area (Å²) in [7, 11) is -3.34. The first-order valence-corrected chi connectivity index (χ1v) is 11.0. The maximum atomic E-state index is 12.6. The highest BCUT2D eigenvalue weighted by molar-refractivity contribution is 7.99. The monoisotopic (exact) mass is 384 g/mol.